The van der Waals surface area contributed by atoms with Gasteiger partial charge in [-0.05, 0) is 80.5 Å². The van der Waals surface area contributed by atoms with Crippen LogP contribution in [-0.4, -0.2) is 28.6 Å². The first-order chi connectivity index (χ1) is 13.8. The van der Waals surface area contributed by atoms with Gasteiger partial charge in [-0.15, -0.1) is 0 Å². The quantitative estimate of drug-likeness (QED) is 0.792. The van der Waals surface area contributed by atoms with Crippen LogP contribution in [0.4, 0.5) is 4.79 Å². The van der Waals surface area contributed by atoms with Gasteiger partial charge in [-0.3, -0.25) is 14.9 Å². The minimum absolute atomic E-state index is 0.214. The zero-order valence-corrected chi connectivity index (χ0v) is 17.7. The Kier molecular flexibility index (Phi) is 5.30. The highest BCUT2D eigenvalue weighted by molar-refractivity contribution is 8.15. The Labute approximate surface area is 175 Å². The second kappa shape index (κ2) is 7.75. The number of thioether (sulfide) groups is 1. The first kappa shape index (κ1) is 19.8. The highest BCUT2D eigenvalue weighted by Crippen LogP contribution is 2.36. The van der Waals surface area contributed by atoms with Crippen LogP contribution in [0.3, 0.4) is 0 Å². The summed E-state index contributed by atoms with van der Waals surface area (Å²) in [6, 6.07) is 12.0. The number of imide groups is 1. The van der Waals surface area contributed by atoms with Gasteiger partial charge in [0.2, 0.25) is 5.91 Å². The number of carbonyl (C=O) groups is 2. The average Bonchev–Trinajstić information content (AvgIpc) is 2.97. The number of nitrogens with one attached hydrogen (secondary N) is 1. The molecule has 2 aliphatic rings. The summed E-state index contributed by atoms with van der Waals surface area (Å²) in [4.78, 5) is 23.0. The molecule has 29 heavy (non-hydrogen) atoms. The van der Waals surface area contributed by atoms with Gasteiger partial charge in [0.25, 0.3) is 5.24 Å². The minimum atomic E-state index is -0.370. The standard InChI is InChI=1S/C23H25NO4S/c1-14-10-15(2)18-8-9-23(3,28-19(18)11-14)13-27-17-6-4-16(5-7-17)12-20-21(25)24-22(26)29-20/h4-7,10-11,20H,8-9,12-13H2,1-3H3,(H,24,25,26). The summed E-state index contributed by atoms with van der Waals surface area (Å²) in [7, 11) is 0. The Morgan fingerprint density at radius 2 is 1.97 bits per heavy atom. The van der Waals surface area contributed by atoms with Crippen LogP contribution < -0.4 is 14.8 Å². The van der Waals surface area contributed by atoms with Gasteiger partial charge in [-0.2, -0.15) is 0 Å². The predicted molar refractivity (Wildman–Crippen MR) is 114 cm³/mol. The van der Waals surface area contributed by atoms with Gasteiger partial charge in [0.1, 0.15) is 23.7 Å². The first-order valence-electron chi connectivity index (χ1n) is 9.84. The SMILES string of the molecule is Cc1cc(C)c2c(c1)OC(C)(COc1ccc(CC3SC(=O)NC3=O)cc1)CC2. The van der Waals surface area contributed by atoms with E-state index < -0.39 is 0 Å². The summed E-state index contributed by atoms with van der Waals surface area (Å²) in [6.07, 6.45) is 2.42. The van der Waals surface area contributed by atoms with Gasteiger partial charge in [-0.25, -0.2) is 0 Å². The molecule has 1 N–H and O–H groups in total. The van der Waals surface area contributed by atoms with E-state index in [-0.39, 0.29) is 22.0 Å². The highest BCUT2D eigenvalue weighted by atomic mass is 32.2. The van der Waals surface area contributed by atoms with Crippen molar-refractivity contribution in [1.29, 1.82) is 0 Å². The molecule has 2 heterocycles. The summed E-state index contributed by atoms with van der Waals surface area (Å²) in [5, 5.41) is 1.70. The number of hydrogen-bond acceptors (Lipinski definition) is 5. The molecule has 2 atom stereocenters. The number of rotatable bonds is 5. The molecule has 5 nitrogen and oxygen atoms in total. The third-order valence-electron chi connectivity index (χ3n) is 5.49. The van der Waals surface area contributed by atoms with Gasteiger partial charge in [0.15, 0.2) is 0 Å². The van der Waals surface area contributed by atoms with Crippen LogP contribution in [0, 0.1) is 13.8 Å². The maximum atomic E-state index is 11.7. The van der Waals surface area contributed by atoms with Crippen LogP contribution in [0.2, 0.25) is 0 Å². The zero-order chi connectivity index (χ0) is 20.6. The molecule has 4 rings (SSSR count). The van der Waals surface area contributed by atoms with E-state index in [1.165, 1.54) is 16.7 Å². The van der Waals surface area contributed by atoms with Crippen LogP contribution >= 0.6 is 11.8 Å². The molecule has 1 saturated heterocycles. The summed E-state index contributed by atoms with van der Waals surface area (Å²) >= 11 is 1.05. The van der Waals surface area contributed by atoms with Crippen molar-refractivity contribution in [3.63, 3.8) is 0 Å². The van der Waals surface area contributed by atoms with Gasteiger partial charge in [0.05, 0.1) is 5.25 Å². The monoisotopic (exact) mass is 411 g/mol. The fraction of sp³-hybridized carbons (Fsp3) is 0.391. The van der Waals surface area contributed by atoms with Gasteiger partial charge in [-0.1, -0.05) is 30.0 Å². The lowest BCUT2D eigenvalue weighted by molar-refractivity contribution is -0.118. The number of carbonyl (C=O) groups excluding carboxylic acids is 2. The van der Waals surface area contributed by atoms with Crippen molar-refractivity contribution in [2.24, 2.45) is 0 Å². The molecule has 2 aromatic carbocycles. The molecule has 0 aliphatic carbocycles. The number of fused-ring (bicyclic) bond motifs is 1. The smallest absolute Gasteiger partial charge is 0.286 e. The normalized spacial score (nSPS) is 23.3. The van der Waals surface area contributed by atoms with Crippen molar-refractivity contribution in [3.05, 3.63) is 58.7 Å². The molecule has 2 amide bonds. The van der Waals surface area contributed by atoms with Crippen LogP contribution in [0.5, 0.6) is 11.5 Å². The molecule has 0 radical (unpaired) electrons. The van der Waals surface area contributed by atoms with Crippen LogP contribution in [0.15, 0.2) is 36.4 Å². The van der Waals surface area contributed by atoms with Crippen LogP contribution in [0.1, 0.15) is 35.6 Å². The Hall–Kier alpha value is -2.47. The summed E-state index contributed by atoms with van der Waals surface area (Å²) in [5.74, 6) is 1.52. The number of aryl methyl sites for hydroxylation is 2. The van der Waals surface area contributed by atoms with Crippen molar-refractivity contribution in [1.82, 2.24) is 5.32 Å². The summed E-state index contributed by atoms with van der Waals surface area (Å²) < 4.78 is 12.4. The number of ether oxygens (including phenoxy) is 2. The van der Waals surface area contributed by atoms with Gasteiger partial charge >= 0.3 is 0 Å². The highest BCUT2D eigenvalue weighted by Gasteiger charge is 2.34. The van der Waals surface area contributed by atoms with Crippen molar-refractivity contribution in [2.75, 3.05) is 6.61 Å². The summed E-state index contributed by atoms with van der Waals surface area (Å²) in [5.41, 5.74) is 4.42. The Morgan fingerprint density at radius 3 is 2.66 bits per heavy atom. The predicted octanol–water partition coefficient (Wildman–Crippen LogP) is 4.36. The van der Waals surface area contributed by atoms with Crippen molar-refractivity contribution in [3.8, 4) is 11.5 Å². The molecule has 1 fully saturated rings. The van der Waals surface area contributed by atoms with Crippen LogP contribution in [-0.2, 0) is 17.6 Å². The van der Waals surface area contributed by atoms with E-state index in [4.69, 9.17) is 9.47 Å². The number of benzene rings is 2. The lowest BCUT2D eigenvalue weighted by Gasteiger charge is -2.36. The molecule has 0 saturated carbocycles. The Morgan fingerprint density at radius 1 is 1.21 bits per heavy atom. The van der Waals surface area contributed by atoms with E-state index in [9.17, 15) is 9.59 Å². The Bertz CT molecular complexity index is 956. The second-order valence-electron chi connectivity index (χ2n) is 8.13. The zero-order valence-electron chi connectivity index (χ0n) is 16.9. The summed E-state index contributed by atoms with van der Waals surface area (Å²) in [6.45, 7) is 6.78. The van der Waals surface area contributed by atoms with E-state index in [1.807, 2.05) is 24.3 Å². The molecular weight excluding hydrogens is 386 g/mol. The number of amides is 2. The van der Waals surface area contributed by atoms with E-state index in [1.54, 1.807) is 0 Å². The number of hydrogen-bond donors (Lipinski definition) is 1. The van der Waals surface area contributed by atoms with E-state index in [0.29, 0.717) is 13.0 Å². The molecule has 2 aliphatic heterocycles. The first-order valence-corrected chi connectivity index (χ1v) is 10.7. The van der Waals surface area contributed by atoms with E-state index in [2.05, 4.69) is 38.2 Å². The third-order valence-corrected chi connectivity index (χ3v) is 6.47. The van der Waals surface area contributed by atoms with Crippen molar-refractivity contribution in [2.45, 2.75) is 50.9 Å². The molecule has 152 valence electrons. The maximum Gasteiger partial charge on any atom is 0.286 e. The van der Waals surface area contributed by atoms with E-state index >= 15 is 0 Å². The molecule has 0 bridgehead atoms. The second-order valence-corrected chi connectivity index (χ2v) is 9.31. The molecule has 2 aromatic rings. The lowest BCUT2D eigenvalue weighted by Crippen LogP contribution is -2.42. The fourth-order valence-corrected chi connectivity index (χ4v) is 4.74. The minimum Gasteiger partial charge on any atom is -0.489 e. The van der Waals surface area contributed by atoms with Crippen LogP contribution in [0.25, 0.3) is 0 Å². The maximum absolute atomic E-state index is 11.7. The van der Waals surface area contributed by atoms with Crippen molar-refractivity contribution >= 4 is 22.9 Å². The fourth-order valence-electron chi connectivity index (χ4n) is 3.88. The molecule has 0 aromatic heterocycles. The Balaban J connectivity index is 1.36. The van der Waals surface area contributed by atoms with Gasteiger partial charge < -0.3 is 9.47 Å². The molecule has 2 unspecified atom stereocenters. The lowest BCUT2D eigenvalue weighted by atomic mass is 9.90. The molecule has 6 heteroatoms. The van der Waals surface area contributed by atoms with E-state index in [0.717, 1.165) is 41.7 Å². The van der Waals surface area contributed by atoms with Crippen molar-refractivity contribution < 1.29 is 19.1 Å². The molecule has 0 spiro atoms. The third kappa shape index (κ3) is 4.42. The van der Waals surface area contributed by atoms with Gasteiger partial charge in [0, 0.05) is 0 Å². The average molecular weight is 412 g/mol. The molecular formula is C23H25NO4S. The topological polar surface area (TPSA) is 64.6 Å². The largest absolute Gasteiger partial charge is 0.489 e.